The highest BCUT2D eigenvalue weighted by molar-refractivity contribution is 5.86. The number of ether oxygens (including phenoxy) is 1. The van der Waals surface area contributed by atoms with Crippen molar-refractivity contribution in [2.24, 2.45) is 0 Å². The van der Waals surface area contributed by atoms with Crippen LogP contribution in [0.4, 0.5) is 5.69 Å². The molecule has 6 heteroatoms. The summed E-state index contributed by atoms with van der Waals surface area (Å²) in [4.78, 5) is 18.7. The molecule has 0 spiro atoms. The number of fused-ring (bicyclic) bond motifs is 1. The Morgan fingerprint density at radius 1 is 1.14 bits per heavy atom. The molecular formula is C15H11N3O3. The first-order chi connectivity index (χ1) is 10.1. The van der Waals surface area contributed by atoms with E-state index in [9.17, 15) is 10.1 Å². The largest absolute Gasteiger partial charge is 0.438 e. The second-order valence-electron chi connectivity index (χ2n) is 4.50. The van der Waals surface area contributed by atoms with Gasteiger partial charge in [-0.3, -0.25) is 10.1 Å². The number of nitrogens with zero attached hydrogens (tertiary/aromatic N) is 3. The zero-order valence-corrected chi connectivity index (χ0v) is 11.2. The summed E-state index contributed by atoms with van der Waals surface area (Å²) in [7, 11) is 0. The van der Waals surface area contributed by atoms with E-state index >= 15 is 0 Å². The molecule has 0 fully saturated rings. The average molecular weight is 281 g/mol. The lowest BCUT2D eigenvalue weighted by Crippen LogP contribution is -1.94. The van der Waals surface area contributed by atoms with Gasteiger partial charge in [-0.2, -0.15) is 0 Å². The summed E-state index contributed by atoms with van der Waals surface area (Å²) >= 11 is 0. The highest BCUT2D eigenvalue weighted by Gasteiger charge is 2.11. The van der Waals surface area contributed by atoms with Crippen LogP contribution in [0.25, 0.3) is 10.9 Å². The second kappa shape index (κ2) is 5.16. The summed E-state index contributed by atoms with van der Waals surface area (Å²) < 4.78 is 5.71. The van der Waals surface area contributed by atoms with Crippen molar-refractivity contribution in [3.8, 4) is 11.6 Å². The van der Waals surface area contributed by atoms with E-state index in [1.165, 1.54) is 18.5 Å². The molecule has 2 aromatic carbocycles. The fraction of sp³-hybridized carbons (Fsp3) is 0.0667. The maximum atomic E-state index is 10.8. The van der Waals surface area contributed by atoms with Gasteiger partial charge >= 0.3 is 0 Å². The molecule has 0 aliphatic carbocycles. The molecule has 1 heterocycles. The maximum Gasteiger partial charge on any atom is 0.273 e. The molecule has 104 valence electrons. The van der Waals surface area contributed by atoms with Crippen molar-refractivity contribution in [3.63, 3.8) is 0 Å². The molecule has 0 amide bonds. The van der Waals surface area contributed by atoms with Gasteiger partial charge in [-0.15, -0.1) is 0 Å². The van der Waals surface area contributed by atoms with Crippen LogP contribution < -0.4 is 4.74 Å². The van der Waals surface area contributed by atoms with Gasteiger partial charge < -0.3 is 4.74 Å². The first-order valence-corrected chi connectivity index (χ1v) is 6.28. The van der Waals surface area contributed by atoms with Crippen LogP contribution in [0.15, 0.2) is 48.8 Å². The zero-order chi connectivity index (χ0) is 14.8. The van der Waals surface area contributed by atoms with E-state index in [-0.39, 0.29) is 5.69 Å². The third kappa shape index (κ3) is 2.51. The molecule has 0 radical (unpaired) electrons. The number of aryl methyl sites for hydroxylation is 1. The molecule has 0 atom stereocenters. The lowest BCUT2D eigenvalue weighted by molar-refractivity contribution is -0.384. The highest BCUT2D eigenvalue weighted by Crippen LogP contribution is 2.30. The Morgan fingerprint density at radius 3 is 2.76 bits per heavy atom. The SMILES string of the molecule is Cc1cccc2ncnc(Oc3cccc([N+](=O)[O-])c3)c12. The molecule has 21 heavy (non-hydrogen) atoms. The molecule has 6 nitrogen and oxygen atoms in total. The number of nitro groups is 1. The third-order valence-electron chi connectivity index (χ3n) is 3.08. The number of benzene rings is 2. The number of aromatic nitrogens is 2. The minimum absolute atomic E-state index is 0.0254. The van der Waals surface area contributed by atoms with Gasteiger partial charge in [-0.1, -0.05) is 18.2 Å². The van der Waals surface area contributed by atoms with Gasteiger partial charge in [0.25, 0.3) is 5.69 Å². The van der Waals surface area contributed by atoms with Crippen LogP contribution in [0.1, 0.15) is 5.56 Å². The zero-order valence-electron chi connectivity index (χ0n) is 11.2. The molecular weight excluding hydrogens is 270 g/mol. The number of nitro benzene ring substituents is 1. The monoisotopic (exact) mass is 281 g/mol. The number of hydrogen-bond donors (Lipinski definition) is 0. The number of non-ortho nitro benzene ring substituents is 1. The van der Waals surface area contributed by atoms with Gasteiger partial charge in [-0.25, -0.2) is 9.97 Å². The highest BCUT2D eigenvalue weighted by atomic mass is 16.6. The molecule has 0 saturated carbocycles. The van der Waals surface area contributed by atoms with E-state index in [0.29, 0.717) is 11.6 Å². The summed E-state index contributed by atoms with van der Waals surface area (Å²) in [6, 6.07) is 11.7. The van der Waals surface area contributed by atoms with E-state index in [1.807, 2.05) is 25.1 Å². The maximum absolute atomic E-state index is 10.8. The first kappa shape index (κ1) is 13.0. The normalized spacial score (nSPS) is 10.5. The van der Waals surface area contributed by atoms with Crippen molar-refractivity contribution < 1.29 is 9.66 Å². The molecule has 0 aliphatic heterocycles. The predicted molar refractivity (Wildman–Crippen MR) is 77.4 cm³/mol. The third-order valence-corrected chi connectivity index (χ3v) is 3.08. The molecule has 0 N–H and O–H groups in total. The Morgan fingerprint density at radius 2 is 1.95 bits per heavy atom. The summed E-state index contributed by atoms with van der Waals surface area (Å²) in [5.74, 6) is 0.756. The minimum atomic E-state index is -0.462. The predicted octanol–water partition coefficient (Wildman–Crippen LogP) is 3.64. The molecule has 3 aromatic rings. The van der Waals surface area contributed by atoms with Crippen molar-refractivity contribution in [1.82, 2.24) is 9.97 Å². The van der Waals surface area contributed by atoms with E-state index < -0.39 is 4.92 Å². The summed E-state index contributed by atoms with van der Waals surface area (Å²) in [5, 5.41) is 11.6. The topological polar surface area (TPSA) is 78.2 Å². The fourth-order valence-corrected chi connectivity index (χ4v) is 2.10. The van der Waals surface area contributed by atoms with E-state index in [1.54, 1.807) is 12.1 Å². The van der Waals surface area contributed by atoms with Crippen molar-refractivity contribution in [3.05, 3.63) is 64.5 Å². The Hall–Kier alpha value is -3.02. The fourth-order valence-electron chi connectivity index (χ4n) is 2.10. The van der Waals surface area contributed by atoms with Crippen LogP contribution in [-0.4, -0.2) is 14.9 Å². The molecule has 0 aliphatic rings. The van der Waals surface area contributed by atoms with Crippen LogP contribution in [0, 0.1) is 17.0 Å². The average Bonchev–Trinajstić information content (AvgIpc) is 2.48. The Bertz CT molecular complexity index is 828. The quantitative estimate of drug-likeness (QED) is 0.541. The smallest absolute Gasteiger partial charge is 0.273 e. The van der Waals surface area contributed by atoms with E-state index in [2.05, 4.69) is 9.97 Å². The number of rotatable bonds is 3. The lowest BCUT2D eigenvalue weighted by atomic mass is 10.1. The van der Waals surface area contributed by atoms with Gasteiger partial charge in [-0.05, 0) is 24.6 Å². The van der Waals surface area contributed by atoms with Gasteiger partial charge in [0.05, 0.1) is 21.9 Å². The van der Waals surface area contributed by atoms with E-state index in [0.717, 1.165) is 16.5 Å². The minimum Gasteiger partial charge on any atom is -0.438 e. The van der Waals surface area contributed by atoms with Gasteiger partial charge in [0.2, 0.25) is 5.88 Å². The van der Waals surface area contributed by atoms with Crippen molar-refractivity contribution in [2.45, 2.75) is 6.92 Å². The summed E-state index contributed by atoms with van der Waals surface area (Å²) in [6.45, 7) is 1.94. The lowest BCUT2D eigenvalue weighted by Gasteiger charge is -2.08. The summed E-state index contributed by atoms with van der Waals surface area (Å²) in [6.07, 6.45) is 1.41. The summed E-state index contributed by atoms with van der Waals surface area (Å²) in [5.41, 5.74) is 1.72. The molecule has 0 bridgehead atoms. The van der Waals surface area contributed by atoms with Crippen molar-refractivity contribution in [2.75, 3.05) is 0 Å². The van der Waals surface area contributed by atoms with Crippen LogP contribution >= 0.6 is 0 Å². The molecule has 1 aromatic heterocycles. The van der Waals surface area contributed by atoms with E-state index in [4.69, 9.17) is 4.74 Å². The van der Waals surface area contributed by atoms with Gasteiger partial charge in [0.1, 0.15) is 12.1 Å². The van der Waals surface area contributed by atoms with Gasteiger partial charge in [0.15, 0.2) is 0 Å². The Kier molecular flexibility index (Phi) is 3.19. The van der Waals surface area contributed by atoms with Crippen LogP contribution in [0.3, 0.4) is 0 Å². The van der Waals surface area contributed by atoms with Crippen LogP contribution in [0.2, 0.25) is 0 Å². The first-order valence-electron chi connectivity index (χ1n) is 6.28. The molecule has 0 unspecified atom stereocenters. The Balaban J connectivity index is 2.06. The van der Waals surface area contributed by atoms with Crippen LogP contribution in [0.5, 0.6) is 11.6 Å². The van der Waals surface area contributed by atoms with Gasteiger partial charge in [0, 0.05) is 6.07 Å². The van der Waals surface area contributed by atoms with Crippen LogP contribution in [-0.2, 0) is 0 Å². The standard InChI is InChI=1S/C15H11N3O3/c1-10-4-2-7-13-14(10)15(17-9-16-13)21-12-6-3-5-11(8-12)18(19)20/h2-9H,1H3. The molecule has 3 rings (SSSR count). The van der Waals surface area contributed by atoms with Crippen molar-refractivity contribution >= 4 is 16.6 Å². The van der Waals surface area contributed by atoms with Crippen molar-refractivity contribution in [1.29, 1.82) is 0 Å². The molecule has 0 saturated heterocycles. The second-order valence-corrected chi connectivity index (χ2v) is 4.50. The Labute approximate surface area is 120 Å². The number of hydrogen-bond acceptors (Lipinski definition) is 5.